The normalized spacial score (nSPS) is 11.7. The largest absolute Gasteiger partial charge is 0.344 e. The SMILES string of the molecule is CC(C)(NC(=O)/C=C/c1cccs1)c1ccccc1. The van der Waals surface area contributed by atoms with Crippen LogP contribution < -0.4 is 5.32 Å². The van der Waals surface area contributed by atoms with Gasteiger partial charge in [-0.2, -0.15) is 0 Å². The molecule has 1 heterocycles. The minimum Gasteiger partial charge on any atom is -0.344 e. The van der Waals surface area contributed by atoms with E-state index in [0.717, 1.165) is 10.4 Å². The number of rotatable bonds is 4. The van der Waals surface area contributed by atoms with Gasteiger partial charge in [0.15, 0.2) is 0 Å². The number of carbonyl (C=O) groups excluding carboxylic acids is 1. The summed E-state index contributed by atoms with van der Waals surface area (Å²) < 4.78 is 0. The van der Waals surface area contributed by atoms with Gasteiger partial charge in [-0.3, -0.25) is 4.79 Å². The second kappa shape index (κ2) is 5.85. The Kier molecular flexibility index (Phi) is 4.17. The van der Waals surface area contributed by atoms with Crippen molar-refractivity contribution in [1.82, 2.24) is 5.32 Å². The Morgan fingerprint density at radius 1 is 1.16 bits per heavy atom. The van der Waals surface area contributed by atoms with Crippen LogP contribution in [-0.2, 0) is 10.3 Å². The highest BCUT2D eigenvalue weighted by Gasteiger charge is 2.21. The Morgan fingerprint density at radius 2 is 1.89 bits per heavy atom. The van der Waals surface area contributed by atoms with Crippen LogP contribution in [0.3, 0.4) is 0 Å². The molecule has 0 spiro atoms. The van der Waals surface area contributed by atoms with E-state index < -0.39 is 0 Å². The monoisotopic (exact) mass is 271 g/mol. The molecule has 0 saturated heterocycles. The number of carbonyl (C=O) groups is 1. The van der Waals surface area contributed by atoms with Crippen LogP contribution in [0.2, 0.25) is 0 Å². The number of amides is 1. The fraction of sp³-hybridized carbons (Fsp3) is 0.188. The van der Waals surface area contributed by atoms with E-state index in [9.17, 15) is 4.79 Å². The van der Waals surface area contributed by atoms with Crippen molar-refractivity contribution in [2.75, 3.05) is 0 Å². The number of hydrogen-bond acceptors (Lipinski definition) is 2. The summed E-state index contributed by atoms with van der Waals surface area (Å²) in [6, 6.07) is 13.9. The molecule has 0 aliphatic heterocycles. The quantitative estimate of drug-likeness (QED) is 0.842. The molecule has 98 valence electrons. The second-order valence-corrected chi connectivity index (χ2v) is 5.81. The van der Waals surface area contributed by atoms with Crippen LogP contribution in [0.1, 0.15) is 24.3 Å². The van der Waals surface area contributed by atoms with Crippen molar-refractivity contribution < 1.29 is 4.79 Å². The smallest absolute Gasteiger partial charge is 0.244 e. The number of benzene rings is 1. The topological polar surface area (TPSA) is 29.1 Å². The van der Waals surface area contributed by atoms with Gasteiger partial charge in [-0.1, -0.05) is 36.4 Å². The first-order chi connectivity index (χ1) is 9.08. The maximum Gasteiger partial charge on any atom is 0.244 e. The highest BCUT2D eigenvalue weighted by atomic mass is 32.1. The highest BCUT2D eigenvalue weighted by Crippen LogP contribution is 2.19. The van der Waals surface area contributed by atoms with E-state index in [1.54, 1.807) is 17.4 Å². The maximum absolute atomic E-state index is 11.9. The van der Waals surface area contributed by atoms with Gasteiger partial charge in [0, 0.05) is 11.0 Å². The van der Waals surface area contributed by atoms with Crippen LogP contribution in [-0.4, -0.2) is 5.91 Å². The molecule has 0 saturated carbocycles. The summed E-state index contributed by atoms with van der Waals surface area (Å²) in [5, 5.41) is 5.01. The standard InChI is InChI=1S/C16H17NOS/c1-16(2,13-7-4-3-5-8-13)17-15(18)11-10-14-9-6-12-19-14/h3-12H,1-2H3,(H,17,18)/b11-10+. The third-order valence-electron chi connectivity index (χ3n) is 2.87. The number of thiophene rings is 1. The van der Waals surface area contributed by atoms with Crippen molar-refractivity contribution in [3.63, 3.8) is 0 Å². The van der Waals surface area contributed by atoms with Crippen molar-refractivity contribution in [1.29, 1.82) is 0 Å². The van der Waals surface area contributed by atoms with Gasteiger partial charge < -0.3 is 5.32 Å². The van der Waals surface area contributed by atoms with Crippen LogP contribution in [0.5, 0.6) is 0 Å². The average Bonchev–Trinajstić information content (AvgIpc) is 2.90. The molecule has 0 aliphatic carbocycles. The lowest BCUT2D eigenvalue weighted by Gasteiger charge is -2.26. The molecule has 19 heavy (non-hydrogen) atoms. The Bertz CT molecular complexity index is 556. The molecule has 0 bridgehead atoms. The van der Waals surface area contributed by atoms with Crippen LogP contribution in [0, 0.1) is 0 Å². The number of hydrogen-bond donors (Lipinski definition) is 1. The van der Waals surface area contributed by atoms with E-state index >= 15 is 0 Å². The predicted octanol–water partition coefficient (Wildman–Crippen LogP) is 3.81. The lowest BCUT2D eigenvalue weighted by molar-refractivity contribution is -0.118. The first-order valence-electron chi connectivity index (χ1n) is 6.17. The minimum absolute atomic E-state index is 0.0812. The van der Waals surface area contributed by atoms with Crippen molar-refractivity contribution in [2.45, 2.75) is 19.4 Å². The van der Waals surface area contributed by atoms with Gasteiger partial charge in [-0.05, 0) is 36.9 Å². The third kappa shape index (κ3) is 3.80. The lowest BCUT2D eigenvalue weighted by Crippen LogP contribution is -2.40. The van der Waals surface area contributed by atoms with E-state index in [-0.39, 0.29) is 11.4 Å². The molecule has 0 aliphatic rings. The molecule has 0 fully saturated rings. The van der Waals surface area contributed by atoms with E-state index in [4.69, 9.17) is 0 Å². The van der Waals surface area contributed by atoms with Crippen LogP contribution in [0.15, 0.2) is 53.9 Å². The van der Waals surface area contributed by atoms with Crippen molar-refractivity contribution in [3.8, 4) is 0 Å². The molecule has 1 amide bonds. The molecule has 2 aromatic rings. The summed E-state index contributed by atoms with van der Waals surface area (Å²) in [6.45, 7) is 4.00. The van der Waals surface area contributed by atoms with E-state index in [0.29, 0.717) is 0 Å². The summed E-state index contributed by atoms with van der Waals surface area (Å²) in [5.74, 6) is -0.0812. The molecule has 1 aromatic heterocycles. The molecule has 3 heteroatoms. The zero-order valence-electron chi connectivity index (χ0n) is 11.1. The van der Waals surface area contributed by atoms with E-state index in [1.807, 2.05) is 67.8 Å². The lowest BCUT2D eigenvalue weighted by atomic mass is 9.94. The molecular weight excluding hydrogens is 254 g/mol. The van der Waals surface area contributed by atoms with Gasteiger partial charge in [-0.25, -0.2) is 0 Å². The molecule has 2 rings (SSSR count). The zero-order valence-corrected chi connectivity index (χ0v) is 11.9. The molecule has 2 nitrogen and oxygen atoms in total. The first-order valence-corrected chi connectivity index (χ1v) is 7.05. The van der Waals surface area contributed by atoms with Gasteiger partial charge in [0.2, 0.25) is 5.91 Å². The number of nitrogens with one attached hydrogen (secondary N) is 1. The van der Waals surface area contributed by atoms with Crippen molar-refractivity contribution in [2.24, 2.45) is 0 Å². The molecule has 1 N–H and O–H groups in total. The minimum atomic E-state index is -0.377. The first kappa shape index (κ1) is 13.6. The highest BCUT2D eigenvalue weighted by molar-refractivity contribution is 7.10. The predicted molar refractivity (Wildman–Crippen MR) is 81.0 cm³/mol. The molecule has 1 aromatic carbocycles. The molecular formula is C16H17NOS. The van der Waals surface area contributed by atoms with Gasteiger partial charge >= 0.3 is 0 Å². The summed E-state index contributed by atoms with van der Waals surface area (Å²) in [5.41, 5.74) is 0.714. The Balaban J connectivity index is 2.02. The van der Waals surface area contributed by atoms with Gasteiger partial charge in [-0.15, -0.1) is 11.3 Å². The summed E-state index contributed by atoms with van der Waals surface area (Å²) in [6.07, 6.45) is 3.41. The van der Waals surface area contributed by atoms with Gasteiger partial charge in [0.05, 0.1) is 5.54 Å². The summed E-state index contributed by atoms with van der Waals surface area (Å²) in [4.78, 5) is 13.0. The maximum atomic E-state index is 11.9. The zero-order chi connectivity index (χ0) is 13.7. The Hall–Kier alpha value is -1.87. The van der Waals surface area contributed by atoms with Crippen molar-refractivity contribution >= 4 is 23.3 Å². The van der Waals surface area contributed by atoms with Gasteiger partial charge in [0.1, 0.15) is 0 Å². The van der Waals surface area contributed by atoms with Crippen LogP contribution >= 0.6 is 11.3 Å². The summed E-state index contributed by atoms with van der Waals surface area (Å²) >= 11 is 1.61. The average molecular weight is 271 g/mol. The van der Waals surface area contributed by atoms with Crippen molar-refractivity contribution in [3.05, 3.63) is 64.4 Å². The summed E-state index contributed by atoms with van der Waals surface area (Å²) in [7, 11) is 0. The Labute approximate surface area is 117 Å². The van der Waals surface area contributed by atoms with Gasteiger partial charge in [0.25, 0.3) is 0 Å². The van der Waals surface area contributed by atoms with Crippen LogP contribution in [0.25, 0.3) is 6.08 Å². The third-order valence-corrected chi connectivity index (χ3v) is 3.71. The Morgan fingerprint density at radius 3 is 2.53 bits per heavy atom. The second-order valence-electron chi connectivity index (χ2n) is 4.83. The molecule has 0 unspecified atom stereocenters. The molecule has 0 atom stereocenters. The molecule has 0 radical (unpaired) electrons. The fourth-order valence-corrected chi connectivity index (χ4v) is 2.44. The fourth-order valence-electron chi connectivity index (χ4n) is 1.82. The van der Waals surface area contributed by atoms with Crippen LogP contribution in [0.4, 0.5) is 0 Å². The van der Waals surface area contributed by atoms with E-state index in [1.165, 1.54) is 0 Å². The van der Waals surface area contributed by atoms with E-state index in [2.05, 4.69) is 5.32 Å².